The molecule has 1 aliphatic rings. The molecule has 0 spiro atoms. The lowest BCUT2D eigenvalue weighted by atomic mass is 10.1. The lowest BCUT2D eigenvalue weighted by Gasteiger charge is -2.26. The van der Waals surface area contributed by atoms with E-state index in [9.17, 15) is 8.42 Å². The predicted octanol–water partition coefficient (Wildman–Crippen LogP) is 1.35. The molecule has 17 heavy (non-hydrogen) atoms. The fraction of sp³-hybridized carbons (Fsp3) is 0.500. The van der Waals surface area contributed by atoms with Gasteiger partial charge in [-0.25, -0.2) is 8.42 Å². The second-order valence-electron chi connectivity index (χ2n) is 4.41. The van der Waals surface area contributed by atoms with Crippen LogP contribution in [0.4, 0.5) is 0 Å². The highest BCUT2D eigenvalue weighted by atomic mass is 32.2. The molecule has 3 nitrogen and oxygen atoms in total. The largest absolute Gasteiger partial charge is 0.297 e. The number of sulfone groups is 1. The van der Waals surface area contributed by atoms with Crippen LogP contribution in [-0.4, -0.2) is 37.9 Å². The van der Waals surface area contributed by atoms with Crippen LogP contribution in [0, 0.1) is 0 Å². The molecule has 0 aliphatic carbocycles. The van der Waals surface area contributed by atoms with Crippen LogP contribution in [0.15, 0.2) is 24.3 Å². The van der Waals surface area contributed by atoms with Crippen molar-refractivity contribution >= 4 is 22.5 Å². The van der Waals surface area contributed by atoms with Crippen LogP contribution in [0.2, 0.25) is 0 Å². The van der Waals surface area contributed by atoms with Gasteiger partial charge in [0.2, 0.25) is 0 Å². The fourth-order valence-electron chi connectivity index (χ4n) is 1.99. The molecule has 1 aliphatic heterocycles. The first-order valence-electron chi connectivity index (χ1n) is 5.70. The van der Waals surface area contributed by atoms with Crippen molar-refractivity contribution in [2.24, 2.45) is 0 Å². The summed E-state index contributed by atoms with van der Waals surface area (Å²) < 4.78 is 22.6. The second kappa shape index (κ2) is 5.42. The molecule has 0 N–H and O–H groups in total. The molecule has 0 unspecified atom stereocenters. The Kier molecular flexibility index (Phi) is 4.12. The maximum Gasteiger partial charge on any atom is 0.152 e. The van der Waals surface area contributed by atoms with Crippen LogP contribution in [0.1, 0.15) is 11.1 Å². The van der Waals surface area contributed by atoms with Crippen molar-refractivity contribution in [3.8, 4) is 0 Å². The van der Waals surface area contributed by atoms with Crippen molar-refractivity contribution in [2.75, 3.05) is 24.6 Å². The average Bonchev–Trinajstić information content (AvgIpc) is 2.32. The van der Waals surface area contributed by atoms with Crippen LogP contribution in [0.25, 0.3) is 0 Å². The van der Waals surface area contributed by atoms with Gasteiger partial charge in [-0.1, -0.05) is 24.3 Å². The molecule has 0 radical (unpaired) electrons. The molecule has 1 fully saturated rings. The van der Waals surface area contributed by atoms with Crippen molar-refractivity contribution in [3.63, 3.8) is 0 Å². The zero-order valence-electron chi connectivity index (χ0n) is 9.67. The van der Waals surface area contributed by atoms with E-state index in [1.165, 1.54) is 11.1 Å². The summed E-state index contributed by atoms with van der Waals surface area (Å²) in [4.78, 5) is 2.19. The van der Waals surface area contributed by atoms with Crippen LogP contribution in [0.5, 0.6) is 0 Å². The van der Waals surface area contributed by atoms with Crippen LogP contribution < -0.4 is 0 Å². The van der Waals surface area contributed by atoms with Gasteiger partial charge in [-0.05, 0) is 11.1 Å². The number of hydrogen-bond donors (Lipinski definition) is 1. The minimum atomic E-state index is -2.77. The maximum absolute atomic E-state index is 11.3. The molecule has 5 heteroatoms. The summed E-state index contributed by atoms with van der Waals surface area (Å²) in [5.74, 6) is 1.32. The highest BCUT2D eigenvalue weighted by Crippen LogP contribution is 2.12. The SMILES string of the molecule is O=S1(=O)CCN(Cc2cccc(CS)c2)CC1. The average molecular weight is 271 g/mol. The van der Waals surface area contributed by atoms with Gasteiger partial charge >= 0.3 is 0 Å². The van der Waals surface area contributed by atoms with Gasteiger partial charge in [-0.2, -0.15) is 12.6 Å². The van der Waals surface area contributed by atoms with Crippen LogP contribution in [-0.2, 0) is 22.1 Å². The summed E-state index contributed by atoms with van der Waals surface area (Å²) >= 11 is 4.25. The maximum atomic E-state index is 11.3. The van der Waals surface area contributed by atoms with Crippen molar-refractivity contribution in [1.29, 1.82) is 0 Å². The van der Waals surface area contributed by atoms with E-state index in [1.807, 2.05) is 6.07 Å². The van der Waals surface area contributed by atoms with E-state index in [-0.39, 0.29) is 0 Å². The Morgan fingerprint density at radius 1 is 1.18 bits per heavy atom. The quantitative estimate of drug-likeness (QED) is 0.843. The third-order valence-corrected chi connectivity index (χ3v) is 4.99. The number of thiol groups is 1. The minimum Gasteiger partial charge on any atom is -0.297 e. The number of rotatable bonds is 3. The molecule has 1 aromatic rings. The zero-order valence-corrected chi connectivity index (χ0v) is 11.4. The normalized spacial score (nSPS) is 20.3. The van der Waals surface area contributed by atoms with Crippen molar-refractivity contribution in [1.82, 2.24) is 4.90 Å². The summed E-state index contributed by atoms with van der Waals surface area (Å²) in [7, 11) is -2.77. The second-order valence-corrected chi connectivity index (χ2v) is 7.03. The number of hydrogen-bond acceptors (Lipinski definition) is 4. The summed E-state index contributed by atoms with van der Waals surface area (Å²) in [5, 5.41) is 0. The predicted molar refractivity (Wildman–Crippen MR) is 73.1 cm³/mol. The first kappa shape index (κ1) is 12.9. The van der Waals surface area contributed by atoms with Gasteiger partial charge < -0.3 is 0 Å². The molecule has 94 valence electrons. The Hall–Kier alpha value is -0.520. The smallest absolute Gasteiger partial charge is 0.152 e. The molecule has 0 bridgehead atoms. The molecule has 0 aromatic heterocycles. The summed E-state index contributed by atoms with van der Waals surface area (Å²) in [6, 6.07) is 8.30. The van der Waals surface area contributed by atoms with Gasteiger partial charge in [-0.3, -0.25) is 4.90 Å². The van der Waals surface area contributed by atoms with Gasteiger partial charge in [0.1, 0.15) is 0 Å². The Labute approximate surface area is 108 Å². The van der Waals surface area contributed by atoms with Gasteiger partial charge in [0, 0.05) is 25.4 Å². The Morgan fingerprint density at radius 2 is 1.82 bits per heavy atom. The molecular weight excluding hydrogens is 254 g/mol. The van der Waals surface area contributed by atoms with Crippen molar-refractivity contribution in [2.45, 2.75) is 12.3 Å². The lowest BCUT2D eigenvalue weighted by molar-refractivity contribution is 0.287. The highest BCUT2D eigenvalue weighted by molar-refractivity contribution is 7.91. The first-order valence-corrected chi connectivity index (χ1v) is 8.16. The number of nitrogens with zero attached hydrogens (tertiary/aromatic N) is 1. The van der Waals surface area contributed by atoms with Crippen LogP contribution in [0.3, 0.4) is 0 Å². The Morgan fingerprint density at radius 3 is 2.47 bits per heavy atom. The summed E-state index contributed by atoms with van der Waals surface area (Å²) in [6.45, 7) is 2.12. The molecular formula is C12H17NO2S2. The molecule has 2 rings (SSSR count). The molecule has 0 amide bonds. The Balaban J connectivity index is 1.97. The molecule has 1 aromatic carbocycles. The Bertz CT molecular complexity index is 471. The third-order valence-electron chi connectivity index (χ3n) is 3.02. The molecule has 0 saturated carbocycles. The minimum absolute atomic E-state index is 0.291. The van der Waals surface area contributed by atoms with Gasteiger partial charge in [0.15, 0.2) is 9.84 Å². The van der Waals surface area contributed by atoms with Gasteiger partial charge in [0.05, 0.1) is 11.5 Å². The standard InChI is InChI=1S/C12H17NO2S2/c14-17(15)6-4-13(5-7-17)9-11-2-1-3-12(8-11)10-16/h1-3,8,16H,4-7,9-10H2. The van der Waals surface area contributed by atoms with E-state index in [0.29, 0.717) is 24.6 Å². The van der Waals surface area contributed by atoms with Gasteiger partial charge in [-0.15, -0.1) is 0 Å². The first-order chi connectivity index (χ1) is 8.09. The van der Waals surface area contributed by atoms with E-state index in [0.717, 1.165) is 12.3 Å². The third kappa shape index (κ3) is 3.72. The molecule has 1 saturated heterocycles. The number of benzene rings is 1. The van der Waals surface area contributed by atoms with E-state index in [1.54, 1.807) is 0 Å². The monoisotopic (exact) mass is 271 g/mol. The van der Waals surface area contributed by atoms with Crippen molar-refractivity contribution < 1.29 is 8.42 Å². The zero-order chi connectivity index (χ0) is 12.3. The van der Waals surface area contributed by atoms with Crippen LogP contribution >= 0.6 is 12.6 Å². The molecule has 0 atom stereocenters. The van der Waals surface area contributed by atoms with E-state index in [2.05, 4.69) is 35.7 Å². The fourth-order valence-corrected chi connectivity index (χ4v) is 3.47. The summed E-state index contributed by atoms with van der Waals surface area (Å²) in [6.07, 6.45) is 0. The summed E-state index contributed by atoms with van der Waals surface area (Å²) in [5.41, 5.74) is 2.44. The van der Waals surface area contributed by atoms with Crippen molar-refractivity contribution in [3.05, 3.63) is 35.4 Å². The van der Waals surface area contributed by atoms with E-state index in [4.69, 9.17) is 0 Å². The van der Waals surface area contributed by atoms with E-state index >= 15 is 0 Å². The highest BCUT2D eigenvalue weighted by Gasteiger charge is 2.21. The van der Waals surface area contributed by atoms with E-state index < -0.39 is 9.84 Å². The topological polar surface area (TPSA) is 37.4 Å². The van der Waals surface area contributed by atoms with Gasteiger partial charge in [0.25, 0.3) is 0 Å². The molecule has 1 heterocycles. The lowest BCUT2D eigenvalue weighted by Crippen LogP contribution is -2.39.